The third kappa shape index (κ3) is 4.53. The first-order valence-corrected chi connectivity index (χ1v) is 9.10. The van der Waals surface area contributed by atoms with Gasteiger partial charge in [-0.2, -0.15) is 0 Å². The van der Waals surface area contributed by atoms with E-state index >= 15 is 0 Å². The van der Waals surface area contributed by atoms with Gasteiger partial charge in [0.25, 0.3) is 11.8 Å². The molecule has 6 nitrogen and oxygen atoms in total. The van der Waals surface area contributed by atoms with Crippen molar-refractivity contribution in [1.29, 1.82) is 0 Å². The minimum absolute atomic E-state index is 0.00873. The van der Waals surface area contributed by atoms with Crippen LogP contribution in [0.2, 0.25) is 0 Å². The number of amides is 2. The first-order valence-electron chi connectivity index (χ1n) is 7.90. The lowest BCUT2D eigenvalue weighted by Gasteiger charge is -2.17. The molecular formula is C19H15BrN2O4S. The molecule has 0 aromatic heterocycles. The summed E-state index contributed by atoms with van der Waals surface area (Å²) in [4.78, 5) is 24.0. The van der Waals surface area contributed by atoms with E-state index in [0.29, 0.717) is 28.1 Å². The van der Waals surface area contributed by atoms with E-state index in [9.17, 15) is 9.59 Å². The van der Waals surface area contributed by atoms with Gasteiger partial charge >= 0.3 is 0 Å². The molecule has 0 saturated carbocycles. The smallest absolute Gasteiger partial charge is 0.263 e. The van der Waals surface area contributed by atoms with Gasteiger partial charge in [0.1, 0.15) is 12.2 Å². The molecule has 1 heterocycles. The van der Waals surface area contributed by atoms with E-state index in [2.05, 4.69) is 26.6 Å². The zero-order chi connectivity index (χ0) is 19.4. The van der Waals surface area contributed by atoms with Crippen LogP contribution in [-0.4, -0.2) is 24.0 Å². The Hall–Kier alpha value is -2.71. The second kappa shape index (κ2) is 8.32. The van der Waals surface area contributed by atoms with Crippen LogP contribution in [0.4, 0.5) is 0 Å². The molecule has 0 radical (unpaired) electrons. The molecule has 1 aliphatic rings. The van der Waals surface area contributed by atoms with Crippen LogP contribution in [0.15, 0.2) is 52.5 Å². The van der Waals surface area contributed by atoms with Gasteiger partial charge in [0.05, 0.1) is 11.6 Å². The number of rotatable bonds is 5. The fraction of sp³-hybridized carbons (Fsp3) is 0.105. The number of ether oxygens (including phenoxy) is 2. The van der Waals surface area contributed by atoms with Crippen LogP contribution in [0.3, 0.4) is 0 Å². The minimum Gasteiger partial charge on any atom is -0.493 e. The summed E-state index contributed by atoms with van der Waals surface area (Å²) in [6.07, 6.45) is 1.46. The van der Waals surface area contributed by atoms with Gasteiger partial charge in [0.15, 0.2) is 16.6 Å². The Labute approximate surface area is 169 Å². The third-order valence-electron chi connectivity index (χ3n) is 3.73. The highest BCUT2D eigenvalue weighted by molar-refractivity contribution is 9.10. The van der Waals surface area contributed by atoms with E-state index in [1.807, 2.05) is 30.3 Å². The molecule has 0 aliphatic carbocycles. The van der Waals surface area contributed by atoms with E-state index in [-0.39, 0.29) is 10.7 Å². The van der Waals surface area contributed by atoms with Crippen LogP contribution in [0.1, 0.15) is 11.1 Å². The zero-order valence-electron chi connectivity index (χ0n) is 14.2. The quantitative estimate of drug-likeness (QED) is 0.419. The van der Waals surface area contributed by atoms with Gasteiger partial charge in [-0.3, -0.25) is 20.2 Å². The van der Waals surface area contributed by atoms with E-state index in [1.54, 1.807) is 12.1 Å². The van der Waals surface area contributed by atoms with Crippen LogP contribution in [-0.2, 0) is 16.2 Å². The Balaban J connectivity index is 1.87. The lowest BCUT2D eigenvalue weighted by molar-refractivity contribution is -0.123. The lowest BCUT2D eigenvalue weighted by Crippen LogP contribution is -2.51. The van der Waals surface area contributed by atoms with Gasteiger partial charge in [-0.1, -0.05) is 30.3 Å². The van der Waals surface area contributed by atoms with Crippen molar-refractivity contribution < 1.29 is 19.1 Å². The monoisotopic (exact) mass is 446 g/mol. The number of benzene rings is 2. The highest BCUT2D eigenvalue weighted by Crippen LogP contribution is 2.37. The number of halogens is 1. The van der Waals surface area contributed by atoms with Crippen molar-refractivity contribution in [3.8, 4) is 11.5 Å². The Morgan fingerprint density at radius 3 is 2.41 bits per heavy atom. The summed E-state index contributed by atoms with van der Waals surface area (Å²) >= 11 is 8.25. The molecule has 2 aromatic rings. The lowest BCUT2D eigenvalue weighted by atomic mass is 10.1. The molecule has 3 rings (SSSR count). The van der Waals surface area contributed by atoms with Crippen molar-refractivity contribution in [2.45, 2.75) is 6.61 Å². The molecule has 8 heteroatoms. The van der Waals surface area contributed by atoms with Crippen molar-refractivity contribution in [2.24, 2.45) is 0 Å². The van der Waals surface area contributed by atoms with Gasteiger partial charge in [-0.05, 0) is 57.5 Å². The molecular weight excluding hydrogens is 432 g/mol. The van der Waals surface area contributed by atoms with Gasteiger partial charge in [-0.25, -0.2) is 0 Å². The number of hydrogen-bond acceptors (Lipinski definition) is 5. The number of carbonyl (C=O) groups is 2. The fourth-order valence-corrected chi connectivity index (χ4v) is 3.23. The first-order chi connectivity index (χ1) is 13.0. The number of thiocarbonyl (C=S) groups is 1. The molecule has 0 bridgehead atoms. The van der Waals surface area contributed by atoms with Crippen LogP contribution in [0.25, 0.3) is 6.08 Å². The topological polar surface area (TPSA) is 76.7 Å². The van der Waals surface area contributed by atoms with E-state index in [1.165, 1.54) is 13.2 Å². The van der Waals surface area contributed by atoms with Crippen molar-refractivity contribution >= 4 is 51.2 Å². The maximum absolute atomic E-state index is 12.0. The predicted molar refractivity (Wildman–Crippen MR) is 108 cm³/mol. The zero-order valence-corrected chi connectivity index (χ0v) is 16.6. The van der Waals surface area contributed by atoms with Gasteiger partial charge in [0, 0.05) is 0 Å². The number of methoxy groups -OCH3 is 1. The second-order valence-electron chi connectivity index (χ2n) is 5.60. The van der Waals surface area contributed by atoms with Gasteiger partial charge in [0.2, 0.25) is 0 Å². The van der Waals surface area contributed by atoms with E-state index in [4.69, 9.17) is 21.7 Å². The first kappa shape index (κ1) is 19.1. The molecule has 138 valence electrons. The Kier molecular flexibility index (Phi) is 5.88. The summed E-state index contributed by atoms with van der Waals surface area (Å²) in [5.74, 6) is -0.104. The van der Waals surface area contributed by atoms with Crippen LogP contribution < -0.4 is 20.1 Å². The Morgan fingerprint density at radius 2 is 1.78 bits per heavy atom. The molecule has 2 aromatic carbocycles. The van der Waals surface area contributed by atoms with Crippen LogP contribution >= 0.6 is 28.1 Å². The molecule has 0 atom stereocenters. The molecule has 27 heavy (non-hydrogen) atoms. The highest BCUT2D eigenvalue weighted by atomic mass is 79.9. The average Bonchev–Trinajstić information content (AvgIpc) is 2.64. The Bertz CT molecular complexity index is 922. The van der Waals surface area contributed by atoms with Gasteiger partial charge < -0.3 is 9.47 Å². The molecule has 0 spiro atoms. The minimum atomic E-state index is -0.553. The predicted octanol–water partition coefficient (Wildman–Crippen LogP) is 2.95. The summed E-state index contributed by atoms with van der Waals surface area (Å²) in [6, 6.07) is 13.2. The van der Waals surface area contributed by atoms with Crippen molar-refractivity contribution in [3.63, 3.8) is 0 Å². The number of hydrogen-bond donors (Lipinski definition) is 2. The van der Waals surface area contributed by atoms with E-state index in [0.717, 1.165) is 5.56 Å². The summed E-state index contributed by atoms with van der Waals surface area (Å²) in [5, 5.41) is 4.79. The molecule has 1 aliphatic heterocycles. The van der Waals surface area contributed by atoms with E-state index < -0.39 is 11.8 Å². The number of carbonyl (C=O) groups excluding carboxylic acids is 2. The molecule has 1 fully saturated rings. The second-order valence-corrected chi connectivity index (χ2v) is 6.87. The third-order valence-corrected chi connectivity index (χ3v) is 4.53. The molecule has 2 amide bonds. The largest absolute Gasteiger partial charge is 0.493 e. The fourth-order valence-electron chi connectivity index (χ4n) is 2.47. The Morgan fingerprint density at radius 1 is 1.11 bits per heavy atom. The van der Waals surface area contributed by atoms with Crippen LogP contribution in [0.5, 0.6) is 11.5 Å². The van der Waals surface area contributed by atoms with Crippen molar-refractivity contribution in [2.75, 3.05) is 7.11 Å². The molecule has 1 saturated heterocycles. The summed E-state index contributed by atoms with van der Waals surface area (Å²) in [7, 11) is 1.52. The maximum Gasteiger partial charge on any atom is 0.263 e. The molecule has 0 unspecified atom stereocenters. The van der Waals surface area contributed by atoms with Crippen LogP contribution in [0, 0.1) is 0 Å². The molecule has 2 N–H and O–H groups in total. The highest BCUT2D eigenvalue weighted by Gasteiger charge is 2.26. The van der Waals surface area contributed by atoms with Gasteiger partial charge in [-0.15, -0.1) is 0 Å². The summed E-state index contributed by atoms with van der Waals surface area (Å²) in [5.41, 5.74) is 1.57. The maximum atomic E-state index is 12.0. The van der Waals surface area contributed by atoms with Crippen molar-refractivity contribution in [3.05, 3.63) is 63.6 Å². The number of nitrogens with one attached hydrogen (secondary N) is 2. The van der Waals surface area contributed by atoms with Crippen molar-refractivity contribution in [1.82, 2.24) is 10.6 Å². The standard InChI is InChI=1S/C19H15BrN2O4S/c1-25-15-9-12(7-13-17(23)21-19(27)22-18(13)24)8-14(20)16(15)26-10-11-5-3-2-4-6-11/h2-9H,10H2,1H3,(H2,21,22,23,24,27). The summed E-state index contributed by atoms with van der Waals surface area (Å²) in [6.45, 7) is 0.374. The summed E-state index contributed by atoms with van der Waals surface area (Å²) < 4.78 is 11.9. The normalized spacial score (nSPS) is 13.7. The average molecular weight is 447 g/mol. The SMILES string of the molecule is COc1cc(C=C2C(=O)NC(=S)NC2=O)cc(Br)c1OCc1ccccc1.